The Morgan fingerprint density at radius 3 is 2.71 bits per heavy atom. The van der Waals surface area contributed by atoms with Crippen LogP contribution in [0.3, 0.4) is 0 Å². The van der Waals surface area contributed by atoms with E-state index in [1.54, 1.807) is 0 Å². The lowest BCUT2D eigenvalue weighted by Crippen LogP contribution is -2.28. The summed E-state index contributed by atoms with van der Waals surface area (Å²) in [6, 6.07) is 0.730. The summed E-state index contributed by atoms with van der Waals surface area (Å²) in [4.78, 5) is 18.6. The van der Waals surface area contributed by atoms with E-state index in [1.165, 1.54) is 13.1 Å². The van der Waals surface area contributed by atoms with E-state index in [1.807, 2.05) is 0 Å². The summed E-state index contributed by atoms with van der Waals surface area (Å²) in [5, 5.41) is 12.0. The summed E-state index contributed by atoms with van der Waals surface area (Å²) in [6.07, 6.45) is 0. The molecule has 0 aliphatic rings. The predicted octanol–water partition coefficient (Wildman–Crippen LogP) is 0.907. The van der Waals surface area contributed by atoms with Gasteiger partial charge >= 0.3 is 6.03 Å². The molecule has 1 aromatic heterocycles. The van der Waals surface area contributed by atoms with Gasteiger partial charge in [-0.15, -0.1) is 25.3 Å². The molecular weight excluding hydrogens is 224 g/mol. The molecule has 0 aromatic carbocycles. The van der Waals surface area contributed by atoms with E-state index < -0.39 is 6.03 Å². The topological polar surface area (TPSA) is 78.4 Å². The molecule has 1 aromatic rings. The van der Waals surface area contributed by atoms with E-state index in [0.717, 1.165) is 0 Å². The van der Waals surface area contributed by atoms with Gasteiger partial charge in [0.05, 0.1) is 5.03 Å². The molecule has 1 heterocycles. The molecule has 14 heavy (non-hydrogen) atoms. The van der Waals surface area contributed by atoms with Gasteiger partial charge in [0.1, 0.15) is 5.82 Å². The molecular formula is C6H8N4O2S2. The third kappa shape index (κ3) is 3.05. The molecule has 0 atom stereocenters. The lowest BCUT2D eigenvalue weighted by atomic mass is 10.6. The van der Waals surface area contributed by atoms with Gasteiger partial charge < -0.3 is 0 Å². The van der Waals surface area contributed by atoms with Gasteiger partial charge in [0, 0.05) is 13.1 Å². The zero-order valence-corrected chi connectivity index (χ0v) is 8.96. The van der Waals surface area contributed by atoms with Crippen LogP contribution < -0.4 is 5.32 Å². The Kier molecular flexibility index (Phi) is 3.55. The number of hydrogen-bond donors (Lipinski definition) is 4. The number of nitrogens with zero attached hydrogens (tertiary/aromatic N) is 3. The number of anilines is 1. The Labute approximate surface area is 91.1 Å². The first-order valence-electron chi connectivity index (χ1n) is 3.49. The molecule has 2 N–H and O–H groups in total. The average molecular weight is 232 g/mol. The fourth-order valence-corrected chi connectivity index (χ4v) is 1.19. The van der Waals surface area contributed by atoms with E-state index in [0.29, 0.717) is 10.1 Å². The monoisotopic (exact) mass is 232 g/mol. The summed E-state index contributed by atoms with van der Waals surface area (Å²) < 4.78 is 0. The summed E-state index contributed by atoms with van der Waals surface area (Å²) in [6.45, 7) is 0. The molecule has 76 valence electrons. The number of aromatic nitrogens is 2. The highest BCUT2D eigenvalue weighted by molar-refractivity contribution is 7.80. The van der Waals surface area contributed by atoms with Crippen molar-refractivity contribution in [2.45, 2.75) is 10.2 Å². The number of carbonyl (C=O) groups is 1. The molecule has 0 saturated carbocycles. The van der Waals surface area contributed by atoms with Gasteiger partial charge in [-0.2, -0.15) is 0 Å². The smallest absolute Gasteiger partial charge is 0.290 e. The quantitative estimate of drug-likeness (QED) is 0.191. The van der Waals surface area contributed by atoms with E-state index in [-0.39, 0.29) is 11.0 Å². The molecule has 0 aliphatic heterocycles. The third-order valence-corrected chi connectivity index (χ3v) is 1.66. The highest BCUT2D eigenvalue weighted by Gasteiger charge is 2.07. The SMILES string of the molecule is CN(O)C(=O)Nc1cc(S)nc(S)n1. The number of hydrogen-bond acceptors (Lipinski definition) is 6. The molecule has 8 heteroatoms. The second kappa shape index (κ2) is 4.49. The van der Waals surface area contributed by atoms with E-state index in [9.17, 15) is 4.79 Å². The van der Waals surface area contributed by atoms with Gasteiger partial charge in [0.15, 0.2) is 5.16 Å². The van der Waals surface area contributed by atoms with Crippen molar-refractivity contribution >= 4 is 37.1 Å². The van der Waals surface area contributed by atoms with Crippen molar-refractivity contribution in [2.24, 2.45) is 0 Å². The van der Waals surface area contributed by atoms with Crippen molar-refractivity contribution in [1.82, 2.24) is 15.0 Å². The number of amides is 2. The Morgan fingerprint density at radius 1 is 1.57 bits per heavy atom. The minimum Gasteiger partial charge on any atom is -0.290 e. The Morgan fingerprint density at radius 2 is 2.21 bits per heavy atom. The number of urea groups is 1. The van der Waals surface area contributed by atoms with Gasteiger partial charge in [-0.05, 0) is 0 Å². The maximum atomic E-state index is 11.0. The van der Waals surface area contributed by atoms with Gasteiger partial charge in [-0.3, -0.25) is 10.5 Å². The van der Waals surface area contributed by atoms with Crippen LogP contribution >= 0.6 is 25.3 Å². The standard InChI is InChI=1S/C6H8N4O2S2/c1-10(12)6(11)8-3-2-4(13)9-5(14)7-3/h2,12H,1H3,(H3,7,8,9,11,13,14). The largest absolute Gasteiger partial charge is 0.346 e. The number of carbonyl (C=O) groups excluding carboxylic acids is 1. The summed E-state index contributed by atoms with van der Waals surface area (Å²) in [7, 11) is 1.19. The minimum absolute atomic E-state index is 0.188. The van der Waals surface area contributed by atoms with Crippen LogP contribution in [0.25, 0.3) is 0 Å². The number of rotatable bonds is 1. The van der Waals surface area contributed by atoms with Crippen LogP contribution in [0.15, 0.2) is 16.2 Å². The first-order valence-corrected chi connectivity index (χ1v) is 4.39. The lowest BCUT2D eigenvalue weighted by molar-refractivity contribution is -0.0119. The number of hydroxylamine groups is 2. The average Bonchev–Trinajstić information content (AvgIpc) is 2.01. The maximum Gasteiger partial charge on any atom is 0.346 e. The lowest BCUT2D eigenvalue weighted by Gasteiger charge is -2.09. The molecule has 2 amide bonds. The van der Waals surface area contributed by atoms with Crippen LogP contribution in [0.4, 0.5) is 10.6 Å². The van der Waals surface area contributed by atoms with Gasteiger partial charge in [0.25, 0.3) is 0 Å². The Balaban J connectivity index is 2.82. The van der Waals surface area contributed by atoms with Crippen LogP contribution in [-0.2, 0) is 0 Å². The first kappa shape index (κ1) is 11.1. The molecule has 0 spiro atoms. The summed E-state index contributed by atoms with van der Waals surface area (Å²) >= 11 is 7.87. The van der Waals surface area contributed by atoms with Crippen LogP contribution in [0, 0.1) is 0 Å². The van der Waals surface area contributed by atoms with E-state index in [2.05, 4.69) is 40.5 Å². The summed E-state index contributed by atoms with van der Waals surface area (Å²) in [5.74, 6) is 0.223. The first-order chi connectivity index (χ1) is 6.49. The molecule has 0 bridgehead atoms. The summed E-state index contributed by atoms with van der Waals surface area (Å²) in [5.41, 5.74) is 0. The van der Waals surface area contributed by atoms with Crippen LogP contribution in [0.2, 0.25) is 0 Å². The molecule has 0 unspecified atom stereocenters. The second-order valence-electron chi connectivity index (χ2n) is 2.37. The Hall–Kier alpha value is -0.990. The zero-order chi connectivity index (χ0) is 10.7. The number of nitrogens with one attached hydrogen (secondary N) is 1. The van der Waals surface area contributed by atoms with Crippen LogP contribution in [-0.4, -0.2) is 33.3 Å². The van der Waals surface area contributed by atoms with Crippen molar-refractivity contribution in [2.75, 3.05) is 12.4 Å². The van der Waals surface area contributed by atoms with Gasteiger partial charge in [-0.1, -0.05) is 0 Å². The number of thiol groups is 2. The van der Waals surface area contributed by atoms with E-state index in [4.69, 9.17) is 5.21 Å². The van der Waals surface area contributed by atoms with Gasteiger partial charge in [0.2, 0.25) is 0 Å². The minimum atomic E-state index is -0.704. The highest BCUT2D eigenvalue weighted by Crippen LogP contribution is 2.12. The maximum absolute atomic E-state index is 11.0. The molecule has 0 fully saturated rings. The third-order valence-electron chi connectivity index (χ3n) is 1.23. The van der Waals surface area contributed by atoms with Crippen molar-refractivity contribution in [3.8, 4) is 0 Å². The van der Waals surface area contributed by atoms with Crippen molar-refractivity contribution in [3.63, 3.8) is 0 Å². The molecule has 0 aliphatic carbocycles. The highest BCUT2D eigenvalue weighted by atomic mass is 32.1. The fourth-order valence-electron chi connectivity index (χ4n) is 0.677. The van der Waals surface area contributed by atoms with Gasteiger partial charge in [-0.25, -0.2) is 19.8 Å². The van der Waals surface area contributed by atoms with Crippen molar-refractivity contribution in [3.05, 3.63) is 6.07 Å². The molecule has 0 saturated heterocycles. The van der Waals surface area contributed by atoms with Crippen molar-refractivity contribution < 1.29 is 10.0 Å². The van der Waals surface area contributed by atoms with Crippen LogP contribution in [0.1, 0.15) is 0 Å². The second-order valence-corrected chi connectivity index (χ2v) is 3.22. The molecule has 6 nitrogen and oxygen atoms in total. The predicted molar refractivity (Wildman–Crippen MR) is 55.1 cm³/mol. The van der Waals surface area contributed by atoms with Crippen LogP contribution in [0.5, 0.6) is 0 Å². The zero-order valence-electron chi connectivity index (χ0n) is 7.17. The Bertz CT molecular complexity index is 337. The van der Waals surface area contributed by atoms with E-state index >= 15 is 0 Å². The fraction of sp³-hybridized carbons (Fsp3) is 0.167. The van der Waals surface area contributed by atoms with Crippen molar-refractivity contribution in [1.29, 1.82) is 0 Å². The molecule has 0 radical (unpaired) electrons. The normalized spacial score (nSPS) is 9.71. The molecule has 1 rings (SSSR count).